The van der Waals surface area contributed by atoms with Crippen molar-refractivity contribution in [3.8, 4) is 0 Å². The lowest BCUT2D eigenvalue weighted by molar-refractivity contribution is -0.385. The van der Waals surface area contributed by atoms with Gasteiger partial charge in [0.15, 0.2) is 5.11 Å². The van der Waals surface area contributed by atoms with Crippen LogP contribution in [0.4, 0.5) is 11.4 Å². The van der Waals surface area contributed by atoms with Crippen LogP contribution in [0.5, 0.6) is 0 Å². The lowest BCUT2D eigenvalue weighted by atomic mass is 10.1. The van der Waals surface area contributed by atoms with Crippen molar-refractivity contribution in [3.63, 3.8) is 0 Å². The standard InChI is InChI=1S/C15H12IN3O3S/c1-9-12(6-3-7-13(9)19(21)22)17-15(23)18-14(20)10-4-2-5-11(16)8-10/h2-8H,1H3,(H2,17,18,20,23). The fourth-order valence-corrected chi connectivity index (χ4v) is 2.66. The fraction of sp³-hybridized carbons (Fsp3) is 0.0667. The van der Waals surface area contributed by atoms with Crippen molar-refractivity contribution in [3.05, 3.63) is 67.3 Å². The molecule has 118 valence electrons. The molecule has 0 atom stereocenters. The zero-order valence-electron chi connectivity index (χ0n) is 12.0. The van der Waals surface area contributed by atoms with Gasteiger partial charge in [-0.3, -0.25) is 20.2 Å². The molecule has 2 aromatic carbocycles. The highest BCUT2D eigenvalue weighted by Crippen LogP contribution is 2.24. The van der Waals surface area contributed by atoms with Crippen LogP contribution in [0.2, 0.25) is 0 Å². The summed E-state index contributed by atoms with van der Waals surface area (Å²) in [5.41, 5.74) is 1.40. The monoisotopic (exact) mass is 441 g/mol. The Balaban J connectivity index is 2.10. The summed E-state index contributed by atoms with van der Waals surface area (Å²) in [5.74, 6) is -0.343. The summed E-state index contributed by atoms with van der Waals surface area (Å²) in [5, 5.41) is 16.4. The van der Waals surface area contributed by atoms with Gasteiger partial charge in [0.25, 0.3) is 11.6 Å². The van der Waals surface area contributed by atoms with Crippen molar-refractivity contribution in [1.82, 2.24) is 5.32 Å². The molecule has 0 radical (unpaired) electrons. The van der Waals surface area contributed by atoms with E-state index in [0.29, 0.717) is 16.8 Å². The summed E-state index contributed by atoms with van der Waals surface area (Å²) in [6, 6.07) is 11.7. The minimum atomic E-state index is -0.464. The van der Waals surface area contributed by atoms with Gasteiger partial charge in [-0.15, -0.1) is 0 Å². The van der Waals surface area contributed by atoms with Gasteiger partial charge in [0, 0.05) is 15.2 Å². The van der Waals surface area contributed by atoms with Gasteiger partial charge in [0.1, 0.15) is 0 Å². The molecule has 6 nitrogen and oxygen atoms in total. The van der Waals surface area contributed by atoms with Crippen LogP contribution in [-0.2, 0) is 0 Å². The molecule has 8 heteroatoms. The van der Waals surface area contributed by atoms with Crippen molar-refractivity contribution in [2.45, 2.75) is 6.92 Å². The third kappa shape index (κ3) is 4.45. The van der Waals surface area contributed by atoms with Gasteiger partial charge in [-0.2, -0.15) is 0 Å². The Bertz CT molecular complexity index is 795. The van der Waals surface area contributed by atoms with E-state index in [-0.39, 0.29) is 16.7 Å². The molecule has 0 aliphatic heterocycles. The number of hydrogen-bond acceptors (Lipinski definition) is 4. The number of amides is 1. The third-order valence-corrected chi connectivity index (χ3v) is 3.94. The lowest BCUT2D eigenvalue weighted by Gasteiger charge is -2.12. The molecule has 0 aromatic heterocycles. The van der Waals surface area contributed by atoms with Crippen molar-refractivity contribution in [1.29, 1.82) is 0 Å². The van der Waals surface area contributed by atoms with Crippen LogP contribution >= 0.6 is 34.8 Å². The summed E-state index contributed by atoms with van der Waals surface area (Å²) in [6.45, 7) is 1.62. The molecule has 0 heterocycles. The number of halogens is 1. The predicted octanol–water partition coefficient (Wildman–Crippen LogP) is 3.63. The minimum absolute atomic E-state index is 0.0123. The van der Waals surface area contributed by atoms with Gasteiger partial charge in [-0.05, 0) is 66.0 Å². The quantitative estimate of drug-likeness (QED) is 0.329. The predicted molar refractivity (Wildman–Crippen MR) is 101 cm³/mol. The van der Waals surface area contributed by atoms with E-state index in [0.717, 1.165) is 3.57 Å². The van der Waals surface area contributed by atoms with Crippen LogP contribution < -0.4 is 10.6 Å². The normalized spacial score (nSPS) is 10.0. The number of nitrogens with one attached hydrogen (secondary N) is 2. The van der Waals surface area contributed by atoms with Crippen LogP contribution in [0.3, 0.4) is 0 Å². The Labute approximate surface area is 151 Å². The smallest absolute Gasteiger partial charge is 0.274 e. The van der Waals surface area contributed by atoms with E-state index in [4.69, 9.17) is 12.2 Å². The summed E-state index contributed by atoms with van der Waals surface area (Å²) in [6.07, 6.45) is 0. The Kier molecular flexibility index (Phi) is 5.61. The van der Waals surface area contributed by atoms with E-state index in [1.807, 2.05) is 6.07 Å². The second-order valence-corrected chi connectivity index (χ2v) is 6.28. The van der Waals surface area contributed by atoms with Crippen LogP contribution in [0.15, 0.2) is 42.5 Å². The average molecular weight is 441 g/mol. The van der Waals surface area contributed by atoms with E-state index in [9.17, 15) is 14.9 Å². The maximum absolute atomic E-state index is 12.1. The molecule has 0 unspecified atom stereocenters. The average Bonchev–Trinajstić information content (AvgIpc) is 2.49. The number of thiocarbonyl (C=S) groups is 1. The molecule has 0 aliphatic carbocycles. The highest BCUT2D eigenvalue weighted by Gasteiger charge is 2.15. The SMILES string of the molecule is Cc1c(NC(=S)NC(=O)c2cccc(I)c2)cccc1[N+](=O)[O-]. The third-order valence-electron chi connectivity index (χ3n) is 3.06. The zero-order valence-corrected chi connectivity index (χ0v) is 15.0. The van der Waals surface area contributed by atoms with Crippen molar-refractivity contribution < 1.29 is 9.72 Å². The maximum Gasteiger partial charge on any atom is 0.274 e. The largest absolute Gasteiger partial charge is 0.332 e. The number of hydrogen-bond donors (Lipinski definition) is 2. The van der Waals surface area contributed by atoms with E-state index < -0.39 is 4.92 Å². The first-order valence-electron chi connectivity index (χ1n) is 6.50. The summed E-state index contributed by atoms with van der Waals surface area (Å²) < 4.78 is 0.934. The Hall–Kier alpha value is -2.07. The van der Waals surface area contributed by atoms with Crippen LogP contribution in [-0.4, -0.2) is 15.9 Å². The van der Waals surface area contributed by atoms with Crippen LogP contribution in [0.1, 0.15) is 15.9 Å². The number of nitro groups is 1. The van der Waals surface area contributed by atoms with Crippen molar-refractivity contribution in [2.24, 2.45) is 0 Å². The zero-order chi connectivity index (χ0) is 17.0. The number of rotatable bonds is 3. The molecule has 0 spiro atoms. The summed E-state index contributed by atoms with van der Waals surface area (Å²) >= 11 is 7.21. The first-order valence-corrected chi connectivity index (χ1v) is 7.99. The molecule has 2 rings (SSSR count). The van der Waals surface area contributed by atoms with E-state index >= 15 is 0 Å². The second kappa shape index (κ2) is 7.47. The number of anilines is 1. The first-order chi connectivity index (χ1) is 10.9. The summed E-state index contributed by atoms with van der Waals surface area (Å²) in [7, 11) is 0. The van der Waals surface area contributed by atoms with Crippen LogP contribution in [0.25, 0.3) is 0 Å². The number of carbonyl (C=O) groups excluding carboxylic acids is 1. The molecule has 0 saturated heterocycles. The molecule has 0 bridgehead atoms. The Morgan fingerprint density at radius 3 is 2.61 bits per heavy atom. The van der Waals surface area contributed by atoms with Gasteiger partial charge < -0.3 is 5.32 Å². The van der Waals surface area contributed by atoms with E-state index in [2.05, 4.69) is 33.2 Å². The highest BCUT2D eigenvalue weighted by molar-refractivity contribution is 14.1. The van der Waals surface area contributed by atoms with Gasteiger partial charge in [-0.1, -0.05) is 12.1 Å². The fourth-order valence-electron chi connectivity index (χ4n) is 1.92. The topological polar surface area (TPSA) is 84.3 Å². The van der Waals surface area contributed by atoms with Crippen molar-refractivity contribution in [2.75, 3.05) is 5.32 Å². The molecular formula is C15H12IN3O3S. The number of nitrogens with zero attached hydrogens (tertiary/aromatic N) is 1. The minimum Gasteiger partial charge on any atom is -0.332 e. The van der Waals surface area contributed by atoms with Crippen molar-refractivity contribution >= 4 is 57.2 Å². The van der Waals surface area contributed by atoms with Gasteiger partial charge >= 0.3 is 0 Å². The second-order valence-electron chi connectivity index (χ2n) is 4.63. The highest BCUT2D eigenvalue weighted by atomic mass is 127. The maximum atomic E-state index is 12.1. The molecule has 2 aromatic rings. The molecular weight excluding hydrogens is 429 g/mol. The molecule has 0 saturated carbocycles. The number of nitro benzene ring substituents is 1. The van der Waals surface area contributed by atoms with Crippen LogP contribution in [0, 0.1) is 20.6 Å². The number of benzene rings is 2. The molecule has 23 heavy (non-hydrogen) atoms. The Morgan fingerprint density at radius 2 is 1.96 bits per heavy atom. The van der Waals surface area contributed by atoms with Gasteiger partial charge in [0.05, 0.1) is 16.2 Å². The summed E-state index contributed by atoms with van der Waals surface area (Å²) in [4.78, 5) is 22.6. The molecule has 2 N–H and O–H groups in total. The molecule has 0 aliphatic rings. The number of carbonyl (C=O) groups is 1. The van der Waals surface area contributed by atoms with E-state index in [1.54, 1.807) is 37.3 Å². The van der Waals surface area contributed by atoms with E-state index in [1.165, 1.54) is 6.07 Å². The van der Waals surface area contributed by atoms with Gasteiger partial charge in [-0.25, -0.2) is 0 Å². The first kappa shape index (κ1) is 17.3. The lowest BCUT2D eigenvalue weighted by Crippen LogP contribution is -2.34. The Morgan fingerprint density at radius 1 is 1.26 bits per heavy atom. The molecule has 0 fully saturated rings. The molecule has 1 amide bonds. The van der Waals surface area contributed by atoms with Gasteiger partial charge in [0.2, 0.25) is 0 Å².